The minimum absolute atomic E-state index is 0.393. The molecule has 0 aromatic heterocycles. The molecular formula is C17H24O2. The van der Waals surface area contributed by atoms with E-state index in [1.54, 1.807) is 7.11 Å². The van der Waals surface area contributed by atoms with Gasteiger partial charge in [0.05, 0.1) is 0 Å². The van der Waals surface area contributed by atoms with Gasteiger partial charge in [-0.15, -0.1) is 0 Å². The van der Waals surface area contributed by atoms with Crippen LogP contribution >= 0.6 is 0 Å². The lowest BCUT2D eigenvalue weighted by Gasteiger charge is -2.15. The molecule has 0 saturated carbocycles. The standard InChI is InChI=1S/C17H24O2/c1-19-11-5-3-2-4-6-14-7-8-15-9-10-17(18)13-16(15)12-14/h7-8,12H,2-6,9-11,13H2,1H3. The topological polar surface area (TPSA) is 26.3 Å². The van der Waals surface area contributed by atoms with Crippen LogP contribution in [0, 0.1) is 0 Å². The van der Waals surface area contributed by atoms with Crippen LogP contribution in [-0.4, -0.2) is 19.5 Å². The van der Waals surface area contributed by atoms with Gasteiger partial charge in [0.25, 0.3) is 0 Å². The second-order valence-electron chi connectivity index (χ2n) is 5.48. The molecule has 0 unspecified atom stereocenters. The molecule has 104 valence electrons. The van der Waals surface area contributed by atoms with Gasteiger partial charge < -0.3 is 4.74 Å². The zero-order valence-corrected chi connectivity index (χ0v) is 11.9. The summed E-state index contributed by atoms with van der Waals surface area (Å²) in [6.07, 6.45) is 8.35. The summed E-state index contributed by atoms with van der Waals surface area (Å²) < 4.78 is 5.05. The monoisotopic (exact) mass is 260 g/mol. The van der Waals surface area contributed by atoms with E-state index in [9.17, 15) is 4.79 Å². The van der Waals surface area contributed by atoms with Gasteiger partial charge in [0.2, 0.25) is 0 Å². The molecule has 0 fully saturated rings. The van der Waals surface area contributed by atoms with Crippen LogP contribution in [0.15, 0.2) is 18.2 Å². The summed E-state index contributed by atoms with van der Waals surface area (Å²) in [6.45, 7) is 0.876. The zero-order chi connectivity index (χ0) is 13.5. The summed E-state index contributed by atoms with van der Waals surface area (Å²) in [6, 6.07) is 6.72. The van der Waals surface area contributed by atoms with Crippen LogP contribution < -0.4 is 0 Å². The number of carbonyl (C=O) groups excluding carboxylic acids is 1. The minimum atomic E-state index is 0.393. The molecule has 1 aliphatic carbocycles. The Hall–Kier alpha value is -1.15. The van der Waals surface area contributed by atoms with Crippen LogP contribution in [-0.2, 0) is 28.8 Å². The maximum Gasteiger partial charge on any atom is 0.137 e. The average molecular weight is 260 g/mol. The van der Waals surface area contributed by atoms with Crippen LogP contribution in [0.25, 0.3) is 0 Å². The maximum atomic E-state index is 11.5. The Morgan fingerprint density at radius 3 is 2.74 bits per heavy atom. The Kier molecular flexibility index (Phi) is 5.59. The third-order valence-electron chi connectivity index (χ3n) is 3.90. The van der Waals surface area contributed by atoms with Gasteiger partial charge in [0.15, 0.2) is 0 Å². The molecule has 0 aliphatic heterocycles. The number of ketones is 1. The van der Waals surface area contributed by atoms with Gasteiger partial charge in [-0.25, -0.2) is 0 Å². The Morgan fingerprint density at radius 2 is 1.89 bits per heavy atom. The smallest absolute Gasteiger partial charge is 0.137 e. The second-order valence-corrected chi connectivity index (χ2v) is 5.48. The summed E-state index contributed by atoms with van der Waals surface area (Å²) in [5.74, 6) is 0.393. The van der Waals surface area contributed by atoms with Crippen LogP contribution in [0.1, 0.15) is 48.8 Å². The summed E-state index contributed by atoms with van der Waals surface area (Å²) in [4.78, 5) is 11.5. The van der Waals surface area contributed by atoms with Gasteiger partial charge in [0, 0.05) is 26.6 Å². The zero-order valence-electron chi connectivity index (χ0n) is 11.9. The van der Waals surface area contributed by atoms with Gasteiger partial charge in [0.1, 0.15) is 5.78 Å². The van der Waals surface area contributed by atoms with Crippen LogP contribution in [0.2, 0.25) is 0 Å². The number of ether oxygens (including phenoxy) is 1. The molecule has 1 aromatic carbocycles. The van der Waals surface area contributed by atoms with E-state index in [0.717, 1.165) is 32.3 Å². The predicted octanol–water partition coefficient (Wildman–Crippen LogP) is 3.49. The number of aryl methyl sites for hydroxylation is 2. The SMILES string of the molecule is COCCCCCCc1ccc2c(c1)CC(=O)CC2. The van der Waals surface area contributed by atoms with E-state index >= 15 is 0 Å². The number of Topliss-reactive ketones (excluding diaryl/α,β-unsaturated/α-hetero) is 1. The van der Waals surface area contributed by atoms with Crippen LogP contribution in [0.4, 0.5) is 0 Å². The first-order chi connectivity index (χ1) is 9.29. The molecule has 1 aliphatic rings. The van der Waals surface area contributed by atoms with Crippen molar-refractivity contribution in [2.45, 2.75) is 51.4 Å². The highest BCUT2D eigenvalue weighted by atomic mass is 16.5. The summed E-state index contributed by atoms with van der Waals surface area (Å²) >= 11 is 0. The summed E-state index contributed by atoms with van der Waals surface area (Å²) in [5.41, 5.74) is 4.04. The van der Waals surface area contributed by atoms with Gasteiger partial charge >= 0.3 is 0 Å². The maximum absolute atomic E-state index is 11.5. The van der Waals surface area contributed by atoms with E-state index in [2.05, 4.69) is 18.2 Å². The highest BCUT2D eigenvalue weighted by molar-refractivity contribution is 5.83. The van der Waals surface area contributed by atoms with E-state index in [1.165, 1.54) is 36.0 Å². The van der Waals surface area contributed by atoms with Gasteiger partial charge in [-0.05, 0) is 42.4 Å². The Morgan fingerprint density at radius 1 is 1.05 bits per heavy atom. The van der Waals surface area contributed by atoms with Crippen molar-refractivity contribution in [3.8, 4) is 0 Å². The van der Waals surface area contributed by atoms with Crippen molar-refractivity contribution in [1.82, 2.24) is 0 Å². The lowest BCUT2D eigenvalue weighted by Crippen LogP contribution is -2.13. The first kappa shape index (κ1) is 14.3. The number of hydrogen-bond acceptors (Lipinski definition) is 2. The number of hydrogen-bond donors (Lipinski definition) is 0. The number of methoxy groups -OCH3 is 1. The molecule has 0 radical (unpaired) electrons. The number of benzene rings is 1. The number of unbranched alkanes of at least 4 members (excludes halogenated alkanes) is 3. The molecule has 19 heavy (non-hydrogen) atoms. The number of fused-ring (bicyclic) bond motifs is 1. The summed E-state index contributed by atoms with van der Waals surface area (Å²) in [7, 11) is 1.76. The molecular weight excluding hydrogens is 236 g/mol. The van der Waals surface area contributed by atoms with Crippen LogP contribution in [0.5, 0.6) is 0 Å². The molecule has 0 atom stereocenters. The van der Waals surface area contributed by atoms with Crippen molar-refractivity contribution in [2.75, 3.05) is 13.7 Å². The fourth-order valence-electron chi connectivity index (χ4n) is 2.75. The van der Waals surface area contributed by atoms with Gasteiger partial charge in [-0.3, -0.25) is 4.79 Å². The predicted molar refractivity (Wildman–Crippen MR) is 77.5 cm³/mol. The molecule has 0 N–H and O–H groups in total. The van der Waals surface area contributed by atoms with Gasteiger partial charge in [-0.2, -0.15) is 0 Å². The molecule has 1 aromatic rings. The molecule has 0 spiro atoms. The number of carbonyl (C=O) groups is 1. The Labute approximate surface area is 116 Å². The third-order valence-corrected chi connectivity index (χ3v) is 3.90. The van der Waals surface area contributed by atoms with E-state index in [0.29, 0.717) is 12.2 Å². The first-order valence-electron chi connectivity index (χ1n) is 7.41. The van der Waals surface area contributed by atoms with Crippen molar-refractivity contribution in [3.05, 3.63) is 34.9 Å². The van der Waals surface area contributed by atoms with Crippen molar-refractivity contribution < 1.29 is 9.53 Å². The molecule has 2 nitrogen and oxygen atoms in total. The lowest BCUT2D eigenvalue weighted by atomic mass is 9.89. The fraction of sp³-hybridized carbons (Fsp3) is 0.588. The van der Waals surface area contributed by atoms with E-state index in [-0.39, 0.29) is 0 Å². The molecule has 2 heteroatoms. The van der Waals surface area contributed by atoms with Crippen molar-refractivity contribution in [1.29, 1.82) is 0 Å². The summed E-state index contributed by atoms with van der Waals surface area (Å²) in [5, 5.41) is 0. The normalized spacial score (nSPS) is 14.5. The molecule has 0 heterocycles. The average Bonchev–Trinajstić information content (AvgIpc) is 2.42. The van der Waals surface area contributed by atoms with Crippen molar-refractivity contribution >= 4 is 5.78 Å². The quantitative estimate of drug-likeness (QED) is 0.701. The second kappa shape index (κ2) is 7.44. The molecule has 0 saturated heterocycles. The van der Waals surface area contributed by atoms with E-state index in [4.69, 9.17) is 4.74 Å². The van der Waals surface area contributed by atoms with E-state index < -0.39 is 0 Å². The Balaban J connectivity index is 1.78. The largest absolute Gasteiger partial charge is 0.385 e. The number of rotatable bonds is 7. The highest BCUT2D eigenvalue weighted by Gasteiger charge is 2.15. The van der Waals surface area contributed by atoms with Crippen molar-refractivity contribution in [3.63, 3.8) is 0 Å². The fourth-order valence-corrected chi connectivity index (χ4v) is 2.75. The third kappa shape index (κ3) is 4.46. The molecule has 2 rings (SSSR count). The first-order valence-corrected chi connectivity index (χ1v) is 7.41. The Bertz CT molecular complexity index is 423. The molecule has 0 bridgehead atoms. The van der Waals surface area contributed by atoms with Crippen molar-refractivity contribution in [2.24, 2.45) is 0 Å². The minimum Gasteiger partial charge on any atom is -0.385 e. The lowest BCUT2D eigenvalue weighted by molar-refractivity contribution is -0.118. The highest BCUT2D eigenvalue weighted by Crippen LogP contribution is 2.21. The van der Waals surface area contributed by atoms with Gasteiger partial charge in [-0.1, -0.05) is 31.0 Å². The molecule has 0 amide bonds. The van der Waals surface area contributed by atoms with E-state index in [1.807, 2.05) is 0 Å². The van der Waals surface area contributed by atoms with Crippen LogP contribution in [0.3, 0.4) is 0 Å².